The quantitative estimate of drug-likeness (QED) is 0.223. The number of nitro benzene ring substituents is 1. The summed E-state index contributed by atoms with van der Waals surface area (Å²) >= 11 is 0. The van der Waals surface area contributed by atoms with Crippen molar-refractivity contribution in [2.45, 2.75) is 31.7 Å². The maximum Gasteiger partial charge on any atom is 0.305 e. The van der Waals surface area contributed by atoms with Crippen LogP contribution in [0.4, 0.5) is 21.5 Å². The molecule has 0 bridgehead atoms. The molecule has 1 aliphatic carbocycles. The molecule has 3 aromatic carbocycles. The van der Waals surface area contributed by atoms with Gasteiger partial charge >= 0.3 is 5.97 Å². The Morgan fingerprint density at radius 3 is 2.24 bits per heavy atom. The Labute approximate surface area is 258 Å². The third-order valence-electron chi connectivity index (χ3n) is 7.88. The second-order valence-electron chi connectivity index (χ2n) is 11.1. The van der Waals surface area contributed by atoms with Crippen LogP contribution in [0.3, 0.4) is 0 Å². The normalized spacial score (nSPS) is 15.5. The second kappa shape index (κ2) is 13.5. The number of nitrogens with one attached hydrogen (secondary N) is 2. The molecule has 1 heterocycles. The molecule has 45 heavy (non-hydrogen) atoms. The lowest BCUT2D eigenvalue weighted by atomic mass is 10.0. The molecule has 5 rings (SSSR count). The van der Waals surface area contributed by atoms with Gasteiger partial charge < -0.3 is 25.5 Å². The molecular formula is C32H32FN5O7. The highest BCUT2D eigenvalue weighted by atomic mass is 19.1. The number of hydrogen-bond acceptors (Lipinski definition) is 7. The van der Waals surface area contributed by atoms with Crippen LogP contribution in [-0.4, -0.2) is 64.8 Å². The Balaban J connectivity index is 1.41. The number of aliphatic carboxylic acids is 1. The van der Waals surface area contributed by atoms with Gasteiger partial charge in [0.2, 0.25) is 5.91 Å². The molecule has 0 aromatic heterocycles. The van der Waals surface area contributed by atoms with E-state index in [4.69, 9.17) is 0 Å². The van der Waals surface area contributed by atoms with Crippen molar-refractivity contribution in [3.05, 3.63) is 99.4 Å². The lowest BCUT2D eigenvalue weighted by Gasteiger charge is -2.27. The minimum absolute atomic E-state index is 0.103. The van der Waals surface area contributed by atoms with E-state index in [2.05, 4.69) is 10.6 Å². The van der Waals surface area contributed by atoms with Gasteiger partial charge in [-0.1, -0.05) is 12.1 Å². The van der Waals surface area contributed by atoms with Crippen molar-refractivity contribution in [1.29, 1.82) is 0 Å². The summed E-state index contributed by atoms with van der Waals surface area (Å²) < 4.78 is 13.5. The summed E-state index contributed by atoms with van der Waals surface area (Å²) in [5.74, 6) is -2.57. The number of rotatable bonds is 10. The van der Waals surface area contributed by atoms with Crippen LogP contribution >= 0.6 is 0 Å². The number of carboxylic acids is 1. The minimum Gasteiger partial charge on any atom is -0.481 e. The maximum atomic E-state index is 13.5. The van der Waals surface area contributed by atoms with Crippen LogP contribution < -0.4 is 15.5 Å². The first kappa shape index (κ1) is 31.1. The van der Waals surface area contributed by atoms with E-state index >= 15 is 0 Å². The van der Waals surface area contributed by atoms with Crippen molar-refractivity contribution < 1.29 is 33.6 Å². The third kappa shape index (κ3) is 7.80. The summed E-state index contributed by atoms with van der Waals surface area (Å²) in [4.78, 5) is 65.3. The molecule has 3 amide bonds. The van der Waals surface area contributed by atoms with E-state index in [0.29, 0.717) is 49.5 Å². The molecule has 2 aliphatic rings. The summed E-state index contributed by atoms with van der Waals surface area (Å²) in [5.41, 5.74) is 1.45. The summed E-state index contributed by atoms with van der Waals surface area (Å²) in [6.07, 6.45) is 2.08. The average molecular weight is 618 g/mol. The van der Waals surface area contributed by atoms with Crippen LogP contribution in [-0.2, 0) is 9.59 Å². The highest BCUT2D eigenvalue weighted by molar-refractivity contribution is 6.07. The number of benzene rings is 3. The number of nitrogens with zero attached hydrogens (tertiary/aromatic N) is 3. The molecule has 1 saturated carbocycles. The molecule has 1 saturated heterocycles. The van der Waals surface area contributed by atoms with Crippen LogP contribution in [0.1, 0.15) is 58.0 Å². The summed E-state index contributed by atoms with van der Waals surface area (Å²) in [6.45, 7) is 2.20. The van der Waals surface area contributed by atoms with Crippen LogP contribution in [0.15, 0.2) is 66.7 Å². The smallest absolute Gasteiger partial charge is 0.305 e. The number of non-ortho nitro benzene ring substituents is 1. The van der Waals surface area contributed by atoms with Gasteiger partial charge in [-0.25, -0.2) is 4.39 Å². The number of amides is 3. The van der Waals surface area contributed by atoms with E-state index < -0.39 is 41.0 Å². The molecule has 1 aliphatic heterocycles. The van der Waals surface area contributed by atoms with Crippen molar-refractivity contribution in [2.24, 2.45) is 5.92 Å². The van der Waals surface area contributed by atoms with Gasteiger partial charge in [-0.15, -0.1) is 0 Å². The number of carbonyl (C=O) groups excluding carboxylic acids is 3. The van der Waals surface area contributed by atoms with E-state index in [9.17, 15) is 38.8 Å². The second-order valence-corrected chi connectivity index (χ2v) is 11.1. The Morgan fingerprint density at radius 1 is 0.911 bits per heavy atom. The van der Waals surface area contributed by atoms with Crippen LogP contribution in [0.5, 0.6) is 0 Å². The van der Waals surface area contributed by atoms with Gasteiger partial charge in [0, 0.05) is 55.4 Å². The minimum atomic E-state index is -1.16. The zero-order chi connectivity index (χ0) is 32.1. The molecule has 2 fully saturated rings. The van der Waals surface area contributed by atoms with Crippen LogP contribution in [0.25, 0.3) is 0 Å². The molecular weight excluding hydrogens is 585 g/mol. The zero-order valence-corrected chi connectivity index (χ0v) is 24.3. The fourth-order valence-corrected chi connectivity index (χ4v) is 5.31. The Kier molecular flexibility index (Phi) is 9.36. The Morgan fingerprint density at radius 2 is 1.60 bits per heavy atom. The molecule has 0 spiro atoms. The molecule has 12 nitrogen and oxygen atoms in total. The predicted molar refractivity (Wildman–Crippen MR) is 162 cm³/mol. The summed E-state index contributed by atoms with van der Waals surface area (Å²) in [5, 5.41) is 26.0. The monoisotopic (exact) mass is 617 g/mol. The van der Waals surface area contributed by atoms with Crippen molar-refractivity contribution in [2.75, 3.05) is 36.4 Å². The lowest BCUT2D eigenvalue weighted by Crippen LogP contribution is -2.36. The van der Waals surface area contributed by atoms with Gasteiger partial charge in [0.25, 0.3) is 17.5 Å². The van der Waals surface area contributed by atoms with E-state index in [1.807, 2.05) is 9.80 Å². The average Bonchev–Trinajstić information content (AvgIpc) is 3.89. The lowest BCUT2D eigenvalue weighted by molar-refractivity contribution is -0.384. The Hall–Kier alpha value is -5.33. The SMILES string of the molecule is O=C(O)CC(NC(=O)c1ccc(N2CCCN(C(=O)C3CC3)CC2)c(NC(=O)c2ccc([N+](=O)[O-])cc2)c1)c1ccc(F)cc1. The first-order valence-corrected chi connectivity index (χ1v) is 14.6. The van der Waals surface area contributed by atoms with E-state index in [1.54, 1.807) is 12.1 Å². The Bertz CT molecular complexity index is 1610. The van der Waals surface area contributed by atoms with Crippen molar-refractivity contribution in [3.8, 4) is 0 Å². The molecule has 234 valence electrons. The number of nitro groups is 1. The van der Waals surface area contributed by atoms with Crippen molar-refractivity contribution in [3.63, 3.8) is 0 Å². The molecule has 13 heteroatoms. The largest absolute Gasteiger partial charge is 0.481 e. The molecule has 0 radical (unpaired) electrons. The number of carboxylic acid groups (broad SMARTS) is 1. The number of anilines is 2. The van der Waals surface area contributed by atoms with Gasteiger partial charge in [0.05, 0.1) is 28.8 Å². The molecule has 3 N–H and O–H groups in total. The molecule has 1 atom stereocenters. The molecule has 3 aromatic rings. The molecule has 1 unspecified atom stereocenters. The maximum absolute atomic E-state index is 13.5. The van der Waals surface area contributed by atoms with Gasteiger partial charge in [0.15, 0.2) is 0 Å². The van der Waals surface area contributed by atoms with Crippen LogP contribution in [0.2, 0.25) is 0 Å². The number of carbonyl (C=O) groups is 4. The summed E-state index contributed by atoms with van der Waals surface area (Å²) in [6, 6.07) is 14.0. The highest BCUT2D eigenvalue weighted by Crippen LogP contribution is 2.33. The number of halogens is 1. The number of hydrogen-bond donors (Lipinski definition) is 3. The van der Waals surface area contributed by atoms with Crippen LogP contribution in [0, 0.1) is 21.8 Å². The van der Waals surface area contributed by atoms with Gasteiger partial charge in [-0.05, 0) is 67.3 Å². The van der Waals surface area contributed by atoms with E-state index in [1.165, 1.54) is 54.6 Å². The first-order valence-electron chi connectivity index (χ1n) is 14.6. The van der Waals surface area contributed by atoms with E-state index in [0.717, 1.165) is 12.8 Å². The van der Waals surface area contributed by atoms with Crippen molar-refractivity contribution >= 4 is 40.8 Å². The topological polar surface area (TPSA) is 162 Å². The fraction of sp³-hybridized carbons (Fsp3) is 0.312. The van der Waals surface area contributed by atoms with Crippen molar-refractivity contribution in [1.82, 2.24) is 10.2 Å². The third-order valence-corrected chi connectivity index (χ3v) is 7.88. The van der Waals surface area contributed by atoms with E-state index in [-0.39, 0.29) is 28.6 Å². The predicted octanol–water partition coefficient (Wildman–Crippen LogP) is 4.38. The zero-order valence-electron chi connectivity index (χ0n) is 24.3. The van der Waals surface area contributed by atoms with Gasteiger partial charge in [0.1, 0.15) is 5.82 Å². The first-order chi connectivity index (χ1) is 21.6. The fourth-order valence-electron chi connectivity index (χ4n) is 5.31. The highest BCUT2D eigenvalue weighted by Gasteiger charge is 2.34. The standard InChI is InChI=1S/C32H32FN5O7/c33-24-9-4-20(5-10-24)26(19-29(39)40)34-31(42)23-8-13-28(36-14-1-15-37(17-16-36)32(43)22-2-3-22)27(18-23)35-30(41)21-6-11-25(12-7-21)38(44)45/h4-13,18,22,26H,1-3,14-17,19H2,(H,34,42)(H,35,41)(H,39,40). The van der Waals surface area contributed by atoms with Gasteiger partial charge in [-0.3, -0.25) is 29.3 Å². The summed E-state index contributed by atoms with van der Waals surface area (Å²) in [7, 11) is 0. The van der Waals surface area contributed by atoms with Gasteiger partial charge in [-0.2, -0.15) is 0 Å².